The molecule has 0 unspecified atom stereocenters. The van der Waals surface area contributed by atoms with E-state index in [1.54, 1.807) is 19.4 Å². The van der Waals surface area contributed by atoms with E-state index in [0.29, 0.717) is 22.5 Å². The smallest absolute Gasteiger partial charge is 0.229 e. The minimum absolute atomic E-state index is 0.497. The number of rotatable bonds is 6. The van der Waals surface area contributed by atoms with Gasteiger partial charge in [0.15, 0.2) is 0 Å². The molecule has 4 rings (SSSR count). The van der Waals surface area contributed by atoms with Crippen LogP contribution in [0.5, 0.6) is 5.75 Å². The van der Waals surface area contributed by atoms with Crippen molar-refractivity contribution in [2.45, 2.75) is 0 Å². The van der Waals surface area contributed by atoms with Crippen LogP contribution in [0.25, 0.3) is 0 Å². The average molecular weight is 490 g/mol. The molecule has 0 bridgehead atoms. The summed E-state index contributed by atoms with van der Waals surface area (Å²) in [6.07, 6.45) is 1.71. The molecule has 3 N–H and O–H groups in total. The van der Waals surface area contributed by atoms with Crippen molar-refractivity contribution in [3.63, 3.8) is 0 Å². The number of anilines is 5. The maximum absolute atomic E-state index is 6.10. The lowest BCUT2D eigenvalue weighted by Crippen LogP contribution is -2.43. The molecule has 0 radical (unpaired) electrons. The molecule has 156 valence electrons. The van der Waals surface area contributed by atoms with Crippen LogP contribution in [0.15, 0.2) is 53.1 Å². The summed E-state index contributed by atoms with van der Waals surface area (Å²) in [4.78, 5) is 11.3. The van der Waals surface area contributed by atoms with Gasteiger partial charge in [-0.25, -0.2) is 4.98 Å². The van der Waals surface area contributed by atoms with Gasteiger partial charge in [0, 0.05) is 55.5 Å². The molecule has 1 saturated heterocycles. The molecule has 1 fully saturated rings. The summed E-state index contributed by atoms with van der Waals surface area (Å²) in [6.45, 7) is 4.07. The third-order valence-corrected chi connectivity index (χ3v) is 5.66. The Morgan fingerprint density at radius 1 is 1.07 bits per heavy atom. The molecule has 1 aliphatic rings. The summed E-state index contributed by atoms with van der Waals surface area (Å²) < 4.78 is 6.02. The van der Waals surface area contributed by atoms with E-state index in [-0.39, 0.29) is 0 Å². The first-order valence-corrected chi connectivity index (χ1v) is 10.8. The Kier molecular flexibility index (Phi) is 6.56. The van der Waals surface area contributed by atoms with Crippen molar-refractivity contribution in [2.75, 3.05) is 48.8 Å². The Morgan fingerprint density at radius 3 is 2.53 bits per heavy atom. The zero-order valence-corrected chi connectivity index (χ0v) is 18.8. The first-order valence-electron chi connectivity index (χ1n) is 9.58. The average Bonchev–Trinajstić information content (AvgIpc) is 2.78. The van der Waals surface area contributed by atoms with Crippen molar-refractivity contribution < 1.29 is 4.74 Å². The van der Waals surface area contributed by atoms with Crippen LogP contribution in [0.1, 0.15) is 0 Å². The zero-order valence-electron chi connectivity index (χ0n) is 16.5. The number of halogens is 2. The second-order valence-electron chi connectivity index (χ2n) is 6.77. The Bertz CT molecular complexity index is 1010. The number of aromatic nitrogens is 2. The standard InChI is InChI=1S/C21H22BrClN6O/c1-30-19-12-15(4-7-18(19)23)26-20-17(22)13-25-21(28-20)27-14-2-5-16(6-3-14)29-10-8-24-9-11-29/h2-7,12-13,24H,8-11H2,1H3,(H2,25,26,27,28). The summed E-state index contributed by atoms with van der Waals surface area (Å²) in [5.74, 6) is 1.72. The topological polar surface area (TPSA) is 74.3 Å². The molecule has 1 aromatic heterocycles. The van der Waals surface area contributed by atoms with Gasteiger partial charge in [0.2, 0.25) is 5.95 Å². The second-order valence-corrected chi connectivity index (χ2v) is 8.03. The third kappa shape index (κ3) is 4.95. The van der Waals surface area contributed by atoms with E-state index in [4.69, 9.17) is 16.3 Å². The highest BCUT2D eigenvalue weighted by Gasteiger charge is 2.11. The number of methoxy groups -OCH3 is 1. The minimum atomic E-state index is 0.497. The van der Waals surface area contributed by atoms with Gasteiger partial charge >= 0.3 is 0 Å². The Balaban J connectivity index is 1.47. The third-order valence-electron chi connectivity index (χ3n) is 4.76. The predicted molar refractivity (Wildman–Crippen MR) is 126 cm³/mol. The van der Waals surface area contributed by atoms with E-state index in [1.165, 1.54) is 5.69 Å². The number of nitrogens with zero attached hydrogens (tertiary/aromatic N) is 3. The number of hydrogen-bond acceptors (Lipinski definition) is 7. The Labute approximate surface area is 188 Å². The lowest BCUT2D eigenvalue weighted by molar-refractivity contribution is 0.415. The van der Waals surface area contributed by atoms with E-state index >= 15 is 0 Å². The highest BCUT2D eigenvalue weighted by Crippen LogP contribution is 2.31. The van der Waals surface area contributed by atoms with Crippen LogP contribution in [-0.4, -0.2) is 43.3 Å². The van der Waals surface area contributed by atoms with Crippen LogP contribution in [0, 0.1) is 0 Å². The lowest BCUT2D eigenvalue weighted by atomic mass is 10.2. The summed E-state index contributed by atoms with van der Waals surface area (Å²) in [5, 5.41) is 10.4. The monoisotopic (exact) mass is 488 g/mol. The molecule has 0 atom stereocenters. The SMILES string of the molecule is COc1cc(Nc2nc(Nc3ccc(N4CCNCC4)cc3)ncc2Br)ccc1Cl. The zero-order chi connectivity index (χ0) is 20.9. The van der Waals surface area contributed by atoms with Crippen molar-refractivity contribution in [1.29, 1.82) is 0 Å². The molecule has 0 saturated carbocycles. The molecular weight excluding hydrogens is 468 g/mol. The molecule has 30 heavy (non-hydrogen) atoms. The van der Waals surface area contributed by atoms with Gasteiger partial charge in [-0.05, 0) is 52.3 Å². The number of benzene rings is 2. The Morgan fingerprint density at radius 2 is 1.80 bits per heavy atom. The first-order chi connectivity index (χ1) is 14.6. The summed E-state index contributed by atoms with van der Waals surface area (Å²) in [5.41, 5.74) is 2.95. The number of nitrogens with one attached hydrogen (secondary N) is 3. The maximum Gasteiger partial charge on any atom is 0.229 e. The van der Waals surface area contributed by atoms with Gasteiger partial charge in [-0.15, -0.1) is 0 Å². The van der Waals surface area contributed by atoms with Crippen LogP contribution in [-0.2, 0) is 0 Å². The quantitative estimate of drug-likeness (QED) is 0.459. The van der Waals surface area contributed by atoms with Crippen molar-refractivity contribution in [1.82, 2.24) is 15.3 Å². The normalized spacial score (nSPS) is 13.8. The maximum atomic E-state index is 6.10. The molecule has 0 amide bonds. The highest BCUT2D eigenvalue weighted by atomic mass is 79.9. The summed E-state index contributed by atoms with van der Waals surface area (Å²) in [6, 6.07) is 13.8. The Hall–Kier alpha value is -2.55. The molecule has 7 nitrogen and oxygen atoms in total. The van der Waals surface area contributed by atoms with E-state index < -0.39 is 0 Å². The van der Waals surface area contributed by atoms with Crippen molar-refractivity contribution in [3.8, 4) is 5.75 Å². The van der Waals surface area contributed by atoms with E-state index in [9.17, 15) is 0 Å². The molecule has 0 aliphatic carbocycles. The molecule has 9 heteroatoms. The fourth-order valence-corrected chi connectivity index (χ4v) is 3.68. The molecular formula is C21H22BrClN6O. The van der Waals surface area contributed by atoms with Gasteiger partial charge < -0.3 is 25.6 Å². The summed E-state index contributed by atoms with van der Waals surface area (Å²) in [7, 11) is 1.58. The van der Waals surface area contributed by atoms with Crippen LogP contribution >= 0.6 is 27.5 Å². The highest BCUT2D eigenvalue weighted by molar-refractivity contribution is 9.10. The molecule has 2 aromatic carbocycles. The molecule has 3 aromatic rings. The van der Waals surface area contributed by atoms with Crippen LogP contribution in [0.3, 0.4) is 0 Å². The van der Waals surface area contributed by atoms with Gasteiger partial charge in [-0.2, -0.15) is 4.98 Å². The van der Waals surface area contributed by atoms with Crippen molar-refractivity contribution in [2.24, 2.45) is 0 Å². The van der Waals surface area contributed by atoms with Crippen LogP contribution < -0.4 is 25.6 Å². The number of ether oxygens (including phenoxy) is 1. The van der Waals surface area contributed by atoms with Gasteiger partial charge in [0.25, 0.3) is 0 Å². The molecule has 1 aliphatic heterocycles. The fourth-order valence-electron chi connectivity index (χ4n) is 3.20. The summed E-state index contributed by atoms with van der Waals surface area (Å²) >= 11 is 9.60. The lowest BCUT2D eigenvalue weighted by Gasteiger charge is -2.29. The first kappa shape index (κ1) is 20.7. The second kappa shape index (κ2) is 9.51. The number of hydrogen-bond donors (Lipinski definition) is 3. The minimum Gasteiger partial charge on any atom is -0.495 e. The fraction of sp³-hybridized carbons (Fsp3) is 0.238. The largest absolute Gasteiger partial charge is 0.495 e. The van der Waals surface area contributed by atoms with Crippen LogP contribution in [0.2, 0.25) is 5.02 Å². The van der Waals surface area contributed by atoms with Gasteiger partial charge in [-0.1, -0.05) is 11.6 Å². The van der Waals surface area contributed by atoms with E-state index in [2.05, 4.69) is 58.9 Å². The molecule has 2 heterocycles. The predicted octanol–water partition coefficient (Wildman–Crippen LogP) is 4.80. The van der Waals surface area contributed by atoms with Crippen LogP contribution in [0.4, 0.5) is 28.8 Å². The van der Waals surface area contributed by atoms with E-state index in [1.807, 2.05) is 24.3 Å². The molecule has 0 spiro atoms. The number of piperazine rings is 1. The van der Waals surface area contributed by atoms with E-state index in [0.717, 1.165) is 42.0 Å². The van der Waals surface area contributed by atoms with Gasteiger partial charge in [0.05, 0.1) is 16.6 Å². The van der Waals surface area contributed by atoms with Gasteiger partial charge in [-0.3, -0.25) is 0 Å². The van der Waals surface area contributed by atoms with Gasteiger partial charge in [0.1, 0.15) is 11.6 Å². The van der Waals surface area contributed by atoms with Crippen molar-refractivity contribution in [3.05, 3.63) is 58.2 Å². The van der Waals surface area contributed by atoms with Crippen molar-refractivity contribution >= 4 is 56.4 Å².